The Kier molecular flexibility index (Phi) is 5.16. The first-order chi connectivity index (χ1) is 12.9. The number of hydrogen-bond donors (Lipinski definition) is 5. The van der Waals surface area contributed by atoms with E-state index in [1.807, 2.05) is 0 Å². The number of nitrogen functional groups attached to an aromatic ring is 3. The van der Waals surface area contributed by atoms with Crippen LogP contribution in [0.4, 0.5) is 21.8 Å². The van der Waals surface area contributed by atoms with E-state index in [9.17, 15) is 4.39 Å². The van der Waals surface area contributed by atoms with Crippen molar-refractivity contribution in [3.05, 3.63) is 65.5 Å². The quantitative estimate of drug-likeness (QED) is 0.258. The van der Waals surface area contributed by atoms with Crippen LogP contribution >= 0.6 is 0 Å². The van der Waals surface area contributed by atoms with Crippen molar-refractivity contribution in [1.82, 2.24) is 9.97 Å². The number of aromatic nitrogens is 2. The molecule has 0 unspecified atom stereocenters. The van der Waals surface area contributed by atoms with Crippen LogP contribution in [0, 0.1) is 11.2 Å². The summed E-state index contributed by atoms with van der Waals surface area (Å²) in [6.07, 6.45) is 0.506. The Balaban J connectivity index is 1.77. The topological polar surface area (TPSA) is 140 Å². The molecule has 0 fully saturated rings. The van der Waals surface area contributed by atoms with Crippen LogP contribution in [-0.4, -0.2) is 22.3 Å². The molecule has 7 nitrogen and oxygen atoms in total. The number of amidine groups is 1. The van der Waals surface area contributed by atoms with E-state index in [2.05, 4.69) is 15.3 Å². The zero-order valence-electron chi connectivity index (χ0n) is 14.5. The third kappa shape index (κ3) is 4.30. The molecule has 0 aliphatic carbocycles. The van der Waals surface area contributed by atoms with Crippen LogP contribution in [-0.2, 0) is 6.42 Å². The normalized spacial score (nSPS) is 10.6. The summed E-state index contributed by atoms with van der Waals surface area (Å²) in [7, 11) is 0. The average Bonchev–Trinajstić information content (AvgIpc) is 2.62. The molecule has 1 aromatic heterocycles. The van der Waals surface area contributed by atoms with Crippen LogP contribution in [0.2, 0.25) is 0 Å². The van der Waals surface area contributed by atoms with Crippen molar-refractivity contribution in [2.24, 2.45) is 5.73 Å². The van der Waals surface area contributed by atoms with Gasteiger partial charge >= 0.3 is 0 Å². The summed E-state index contributed by atoms with van der Waals surface area (Å²) < 4.78 is 13.7. The van der Waals surface area contributed by atoms with Crippen molar-refractivity contribution in [2.45, 2.75) is 6.42 Å². The molecule has 3 aromatic rings. The maximum Gasteiger partial charge on any atom is 0.222 e. The fourth-order valence-electron chi connectivity index (χ4n) is 2.70. The molecule has 0 aliphatic heterocycles. The van der Waals surface area contributed by atoms with Crippen LogP contribution in [0.1, 0.15) is 11.1 Å². The summed E-state index contributed by atoms with van der Waals surface area (Å²) in [5.74, 6) is 0.304. The number of nitrogens with zero attached hydrogens (tertiary/aromatic N) is 2. The van der Waals surface area contributed by atoms with Gasteiger partial charge in [0.25, 0.3) is 0 Å². The number of nitrogens with one attached hydrogen (secondary N) is 2. The van der Waals surface area contributed by atoms with Crippen molar-refractivity contribution < 1.29 is 4.39 Å². The van der Waals surface area contributed by atoms with Crippen LogP contribution in [0.5, 0.6) is 0 Å². The van der Waals surface area contributed by atoms with E-state index in [-0.39, 0.29) is 17.6 Å². The highest BCUT2D eigenvalue weighted by atomic mass is 19.1. The molecule has 1 heterocycles. The molecule has 2 aromatic carbocycles. The zero-order chi connectivity index (χ0) is 19.4. The SMILES string of the molecule is N=C(N)c1ccc(-c2cc(NCCc3ccccc3F)nc(N)n2)cc1N. The molecule has 0 spiro atoms. The van der Waals surface area contributed by atoms with E-state index in [0.717, 1.165) is 5.56 Å². The van der Waals surface area contributed by atoms with Gasteiger partial charge in [-0.05, 0) is 30.2 Å². The molecule has 138 valence electrons. The molecule has 0 radical (unpaired) electrons. The van der Waals surface area contributed by atoms with E-state index in [1.165, 1.54) is 6.07 Å². The lowest BCUT2D eigenvalue weighted by Gasteiger charge is -2.10. The van der Waals surface area contributed by atoms with Crippen LogP contribution in [0.15, 0.2) is 48.5 Å². The Hall–Kier alpha value is -3.68. The van der Waals surface area contributed by atoms with Crippen LogP contribution < -0.4 is 22.5 Å². The third-order valence-electron chi connectivity index (χ3n) is 4.04. The van der Waals surface area contributed by atoms with E-state index >= 15 is 0 Å². The van der Waals surface area contributed by atoms with Crippen molar-refractivity contribution in [1.29, 1.82) is 5.41 Å². The molecule has 0 amide bonds. The van der Waals surface area contributed by atoms with Gasteiger partial charge in [0.15, 0.2) is 0 Å². The minimum atomic E-state index is -0.233. The largest absolute Gasteiger partial charge is 0.398 e. The zero-order valence-corrected chi connectivity index (χ0v) is 14.5. The smallest absolute Gasteiger partial charge is 0.222 e. The lowest BCUT2D eigenvalue weighted by Crippen LogP contribution is -2.13. The summed E-state index contributed by atoms with van der Waals surface area (Å²) in [5, 5.41) is 10.6. The fourth-order valence-corrected chi connectivity index (χ4v) is 2.70. The molecule has 0 saturated carbocycles. The summed E-state index contributed by atoms with van der Waals surface area (Å²) >= 11 is 0. The van der Waals surface area contributed by atoms with E-state index in [1.54, 1.807) is 42.5 Å². The Bertz CT molecular complexity index is 988. The second-order valence-corrected chi connectivity index (χ2v) is 5.98. The van der Waals surface area contributed by atoms with Gasteiger partial charge in [0, 0.05) is 29.4 Å². The van der Waals surface area contributed by atoms with Crippen LogP contribution in [0.25, 0.3) is 11.3 Å². The molecule has 0 saturated heterocycles. The van der Waals surface area contributed by atoms with Crippen molar-refractivity contribution in [3.63, 3.8) is 0 Å². The standard InChI is InChI=1S/C19H20FN7/c20-14-4-2-1-3-11(14)7-8-25-17-10-16(26-19(24)27-17)12-5-6-13(18(22)23)15(21)9-12/h1-6,9-10H,7-8,21H2,(H3,22,23)(H3,24,25,26,27). The Morgan fingerprint density at radius 3 is 2.56 bits per heavy atom. The number of benzene rings is 2. The molecule has 0 aliphatic rings. The lowest BCUT2D eigenvalue weighted by atomic mass is 10.1. The summed E-state index contributed by atoms with van der Waals surface area (Å²) in [6.45, 7) is 0.488. The highest BCUT2D eigenvalue weighted by Crippen LogP contribution is 2.24. The third-order valence-corrected chi connectivity index (χ3v) is 4.04. The number of rotatable bonds is 6. The van der Waals surface area contributed by atoms with Gasteiger partial charge in [-0.15, -0.1) is 0 Å². The molecule has 8 N–H and O–H groups in total. The van der Waals surface area contributed by atoms with E-state index < -0.39 is 0 Å². The predicted molar refractivity (Wildman–Crippen MR) is 106 cm³/mol. The van der Waals surface area contributed by atoms with Crippen LogP contribution in [0.3, 0.4) is 0 Å². The van der Waals surface area contributed by atoms with Crippen molar-refractivity contribution in [2.75, 3.05) is 23.3 Å². The van der Waals surface area contributed by atoms with Gasteiger partial charge in [-0.1, -0.05) is 24.3 Å². The summed E-state index contributed by atoms with van der Waals surface area (Å²) in [5.41, 5.74) is 20.0. The first-order valence-electron chi connectivity index (χ1n) is 8.30. The maximum absolute atomic E-state index is 13.7. The Morgan fingerprint density at radius 1 is 1.07 bits per heavy atom. The van der Waals surface area contributed by atoms with Gasteiger partial charge in [0.05, 0.1) is 5.69 Å². The van der Waals surface area contributed by atoms with Gasteiger partial charge in [-0.2, -0.15) is 4.98 Å². The Labute approximate surface area is 156 Å². The summed E-state index contributed by atoms with van der Waals surface area (Å²) in [4.78, 5) is 8.38. The molecule has 0 atom stereocenters. The minimum absolute atomic E-state index is 0.100. The lowest BCUT2D eigenvalue weighted by molar-refractivity contribution is 0.610. The second-order valence-electron chi connectivity index (χ2n) is 5.98. The van der Waals surface area contributed by atoms with E-state index in [0.29, 0.717) is 41.3 Å². The first-order valence-corrected chi connectivity index (χ1v) is 8.30. The monoisotopic (exact) mass is 365 g/mol. The molecular formula is C19H20FN7. The summed E-state index contributed by atoms with van der Waals surface area (Å²) in [6, 6.07) is 13.5. The van der Waals surface area contributed by atoms with Crippen molar-refractivity contribution in [3.8, 4) is 11.3 Å². The molecule has 3 rings (SSSR count). The van der Waals surface area contributed by atoms with Gasteiger partial charge in [0.2, 0.25) is 5.95 Å². The first kappa shape index (κ1) is 18.1. The van der Waals surface area contributed by atoms with E-state index in [4.69, 9.17) is 22.6 Å². The molecular weight excluding hydrogens is 345 g/mol. The minimum Gasteiger partial charge on any atom is -0.398 e. The van der Waals surface area contributed by atoms with Crippen molar-refractivity contribution >= 4 is 23.3 Å². The Morgan fingerprint density at radius 2 is 1.85 bits per heavy atom. The van der Waals surface area contributed by atoms with Gasteiger partial charge in [0.1, 0.15) is 17.5 Å². The predicted octanol–water partition coefficient (Wildman–Crippen LogP) is 2.39. The van der Waals surface area contributed by atoms with Gasteiger partial charge in [-0.3, -0.25) is 5.41 Å². The number of hydrogen-bond acceptors (Lipinski definition) is 6. The molecule has 8 heteroatoms. The fraction of sp³-hybridized carbons (Fsp3) is 0.105. The highest BCUT2D eigenvalue weighted by molar-refractivity contribution is 6.00. The van der Waals surface area contributed by atoms with Gasteiger partial charge < -0.3 is 22.5 Å². The maximum atomic E-state index is 13.7. The number of nitrogens with two attached hydrogens (primary N) is 3. The highest BCUT2D eigenvalue weighted by Gasteiger charge is 2.09. The molecule has 0 bridgehead atoms. The van der Waals surface area contributed by atoms with Gasteiger partial charge in [-0.25, -0.2) is 9.37 Å². The molecule has 27 heavy (non-hydrogen) atoms. The average molecular weight is 365 g/mol. The second kappa shape index (κ2) is 7.69. The number of anilines is 3. The number of halogens is 1.